The van der Waals surface area contributed by atoms with Crippen molar-refractivity contribution in [1.29, 1.82) is 0 Å². The van der Waals surface area contributed by atoms with E-state index in [2.05, 4.69) is 0 Å². The van der Waals surface area contributed by atoms with Gasteiger partial charge in [0.25, 0.3) is 0 Å². The summed E-state index contributed by atoms with van der Waals surface area (Å²) >= 11 is 0. The van der Waals surface area contributed by atoms with E-state index in [9.17, 15) is 8.42 Å². The van der Waals surface area contributed by atoms with E-state index in [1.807, 2.05) is 0 Å². The zero-order chi connectivity index (χ0) is 5.91. The Morgan fingerprint density at radius 3 is 1.89 bits per heavy atom. The van der Waals surface area contributed by atoms with Gasteiger partial charge in [0.2, 0.25) is 0 Å². The Labute approximate surface area is 71.7 Å². The van der Waals surface area contributed by atoms with Gasteiger partial charge >= 0.3 is 23.1 Å². The molecule has 0 aromatic carbocycles. The minimum absolute atomic E-state index is 0. The van der Waals surface area contributed by atoms with E-state index in [4.69, 9.17) is 10.3 Å². The third-order valence-corrected chi connectivity index (χ3v) is 0.921. The number of nitrogens with two attached hydrogens (primary N) is 1. The first-order valence-corrected chi connectivity index (χ1v) is 3.07. The number of hydrogen-bond donors (Lipinski definition) is 2. The van der Waals surface area contributed by atoms with Crippen molar-refractivity contribution in [3.63, 3.8) is 0 Å². The molecule has 9 heavy (non-hydrogen) atoms. The van der Waals surface area contributed by atoms with Crippen molar-refractivity contribution in [3.8, 4) is 0 Å². The molecule has 52 valence electrons. The van der Waals surface area contributed by atoms with Gasteiger partial charge in [-0.3, -0.25) is 0 Å². The van der Waals surface area contributed by atoms with Gasteiger partial charge in [0, 0.05) is 0 Å². The maximum absolute atomic E-state index is 9.65. The summed E-state index contributed by atoms with van der Waals surface area (Å²) in [7, 11) is -3.92. The summed E-state index contributed by atoms with van der Waals surface area (Å²) in [5.41, 5.74) is 4.72. The third-order valence-electron chi connectivity index (χ3n) is 0.307. The van der Waals surface area contributed by atoms with Crippen molar-refractivity contribution in [3.05, 3.63) is 13.2 Å². The maximum Gasteiger partial charge on any atom is 2.00 e. The van der Waals surface area contributed by atoms with Gasteiger partial charge in [0.15, 0.2) is 0 Å². The van der Waals surface area contributed by atoms with Gasteiger partial charge in [-0.2, -0.15) is 5.75 Å². The molecule has 0 spiro atoms. The molecule has 0 aliphatic carbocycles. The molecule has 0 rings (SSSR count). The summed E-state index contributed by atoms with van der Waals surface area (Å²) in [6, 6.07) is 0. The van der Waals surface area contributed by atoms with Crippen LogP contribution in [-0.2, 0) is 10.1 Å². The molecule has 0 amide bonds. The van der Waals surface area contributed by atoms with Crippen LogP contribution in [0.15, 0.2) is 0 Å². The number of hydrogen-bond acceptors (Lipinski definition) is 3. The van der Waals surface area contributed by atoms with Crippen LogP contribution in [0, 0.1) is 13.2 Å². The van der Waals surface area contributed by atoms with Crippen LogP contribution >= 0.6 is 0 Å². The molecular weight excluding hydrogens is 154 g/mol. The number of rotatable bonds is 2. The van der Waals surface area contributed by atoms with Crippen LogP contribution in [0.4, 0.5) is 0 Å². The first-order chi connectivity index (χ1) is 3.06. The Kier molecular flexibility index (Phi) is 12.2. The summed E-state index contributed by atoms with van der Waals surface area (Å²) in [5.74, 6) is 0.618. The molecule has 0 bridgehead atoms. The van der Waals surface area contributed by atoms with E-state index >= 15 is 0 Å². The Balaban J connectivity index is -0.000000180. The molecule has 6 heteroatoms. The summed E-state index contributed by atoms with van der Waals surface area (Å²) in [6.07, 6.45) is 0. The van der Waals surface area contributed by atoms with Gasteiger partial charge in [-0.1, -0.05) is 0 Å². The van der Waals surface area contributed by atoms with Gasteiger partial charge in [-0.25, -0.2) is 8.42 Å². The van der Waals surface area contributed by atoms with Gasteiger partial charge in [0.05, 0.1) is 0 Å². The zero-order valence-electron chi connectivity index (χ0n) is 5.24. The molecule has 4 nitrogen and oxygen atoms in total. The molecular formula is C3H9MgNO3S. The van der Waals surface area contributed by atoms with Gasteiger partial charge in [0.1, 0.15) is 10.1 Å². The van der Waals surface area contributed by atoms with Gasteiger partial charge in [-0.05, 0) is 0 Å². The molecule has 0 heterocycles. The predicted octanol–water partition coefficient (Wildman–Crippen LogP) is -0.936. The largest absolute Gasteiger partial charge is 2.00 e. The second kappa shape index (κ2) is 6.75. The molecule has 0 radical (unpaired) electrons. The standard InChI is InChI=1S/C2H6NO3S.CH3.Mg/c3-1-2-7(4,5)6;;/h2H,1,3H2,(H,4,5,6);1H3;/q2*-1;+2. The quantitative estimate of drug-likeness (QED) is 0.313. The van der Waals surface area contributed by atoms with Crippen LogP contribution in [0.2, 0.25) is 0 Å². The monoisotopic (exact) mass is 163 g/mol. The molecule has 0 unspecified atom stereocenters. The molecule has 0 saturated heterocycles. The molecule has 0 saturated carbocycles. The van der Waals surface area contributed by atoms with Crippen LogP contribution in [0.3, 0.4) is 0 Å². The van der Waals surface area contributed by atoms with Gasteiger partial charge < -0.3 is 17.7 Å². The Bertz CT molecular complexity index is 132. The predicted molar refractivity (Wildman–Crippen MR) is 37.1 cm³/mol. The summed E-state index contributed by atoms with van der Waals surface area (Å²) in [6.45, 7) is -0.154. The van der Waals surface area contributed by atoms with Gasteiger partial charge in [-0.15, -0.1) is 6.54 Å². The average molecular weight is 163 g/mol. The van der Waals surface area contributed by atoms with Crippen LogP contribution in [-0.4, -0.2) is 42.6 Å². The average Bonchev–Trinajstić information content (AvgIpc) is 1.30. The SMILES string of the molecule is NC[CH-]S(=O)(=O)O.[CH3-].[Mg+2]. The van der Waals surface area contributed by atoms with Crippen molar-refractivity contribution < 1.29 is 13.0 Å². The maximum atomic E-state index is 9.65. The minimum atomic E-state index is -3.92. The van der Waals surface area contributed by atoms with E-state index in [1.54, 1.807) is 0 Å². The Hall–Kier alpha value is 0.636. The topological polar surface area (TPSA) is 80.4 Å². The fraction of sp³-hybridized carbons (Fsp3) is 0.333. The van der Waals surface area contributed by atoms with Crippen molar-refractivity contribution >= 4 is 33.2 Å². The molecule has 0 fully saturated rings. The summed E-state index contributed by atoms with van der Waals surface area (Å²) < 4.78 is 27.2. The Morgan fingerprint density at radius 1 is 1.56 bits per heavy atom. The summed E-state index contributed by atoms with van der Waals surface area (Å²) in [5, 5.41) is 0. The Morgan fingerprint density at radius 2 is 1.89 bits per heavy atom. The van der Waals surface area contributed by atoms with E-state index in [0.29, 0.717) is 5.75 Å². The van der Waals surface area contributed by atoms with E-state index in [1.165, 1.54) is 0 Å². The first kappa shape index (κ1) is 16.3. The summed E-state index contributed by atoms with van der Waals surface area (Å²) in [4.78, 5) is 0. The van der Waals surface area contributed by atoms with Crippen molar-refractivity contribution in [1.82, 2.24) is 0 Å². The molecule has 0 atom stereocenters. The fourth-order valence-electron chi connectivity index (χ4n) is 0.122. The van der Waals surface area contributed by atoms with E-state index in [0.717, 1.165) is 0 Å². The first-order valence-electron chi connectivity index (χ1n) is 1.57. The molecule has 3 N–H and O–H groups in total. The minimum Gasteiger partial charge on any atom is -0.359 e. The van der Waals surface area contributed by atoms with Crippen molar-refractivity contribution in [2.45, 2.75) is 0 Å². The second-order valence-electron chi connectivity index (χ2n) is 0.917. The zero-order valence-corrected chi connectivity index (χ0v) is 7.47. The van der Waals surface area contributed by atoms with Crippen molar-refractivity contribution in [2.75, 3.05) is 6.54 Å². The van der Waals surface area contributed by atoms with Crippen LogP contribution in [0.5, 0.6) is 0 Å². The smallest absolute Gasteiger partial charge is 0.359 e. The third kappa shape index (κ3) is 17.7. The molecule has 0 aromatic heterocycles. The van der Waals surface area contributed by atoms with Crippen LogP contribution < -0.4 is 5.73 Å². The van der Waals surface area contributed by atoms with Crippen LogP contribution in [0.25, 0.3) is 0 Å². The van der Waals surface area contributed by atoms with E-state index in [-0.39, 0.29) is 37.0 Å². The fourth-order valence-corrected chi connectivity index (χ4v) is 0.365. The van der Waals surface area contributed by atoms with Crippen molar-refractivity contribution in [2.24, 2.45) is 5.73 Å². The normalized spacial score (nSPS) is 9.11. The van der Waals surface area contributed by atoms with Crippen LogP contribution in [0.1, 0.15) is 0 Å². The molecule has 0 aliphatic rings. The molecule has 0 aromatic rings. The van der Waals surface area contributed by atoms with E-state index < -0.39 is 10.1 Å². The second-order valence-corrected chi connectivity index (χ2v) is 2.28. The molecule has 0 aliphatic heterocycles.